The minimum atomic E-state index is -0.288. The minimum Gasteiger partial charge on any atom is -0.468 e. The maximum absolute atomic E-state index is 12.4. The number of tetrazole rings is 1. The molecule has 0 aliphatic carbocycles. The van der Waals surface area contributed by atoms with Crippen molar-refractivity contribution in [3.8, 4) is 22.5 Å². The predicted molar refractivity (Wildman–Crippen MR) is 157 cm³/mol. The van der Waals surface area contributed by atoms with Crippen molar-refractivity contribution in [2.45, 2.75) is 32.5 Å². The summed E-state index contributed by atoms with van der Waals surface area (Å²) in [5.41, 5.74) is 6.28. The van der Waals surface area contributed by atoms with Crippen molar-refractivity contribution in [1.29, 1.82) is 0 Å². The molecule has 10 nitrogen and oxygen atoms in total. The fourth-order valence-corrected chi connectivity index (χ4v) is 5.36. The third kappa shape index (κ3) is 5.41. The number of anilines is 1. The number of amidine groups is 1. The van der Waals surface area contributed by atoms with Gasteiger partial charge in [0.05, 0.1) is 19.5 Å². The monoisotopic (exact) mass is 548 g/mol. The van der Waals surface area contributed by atoms with Gasteiger partial charge in [-0.25, -0.2) is 4.99 Å². The first-order valence-corrected chi connectivity index (χ1v) is 13.8. The number of nitrogens with one attached hydrogen (secondary N) is 1. The van der Waals surface area contributed by atoms with Crippen molar-refractivity contribution in [2.75, 3.05) is 25.2 Å². The lowest BCUT2D eigenvalue weighted by Gasteiger charge is -2.37. The van der Waals surface area contributed by atoms with E-state index in [0.29, 0.717) is 19.0 Å². The maximum Gasteiger partial charge on any atom is 0.325 e. The predicted octanol–water partition coefficient (Wildman–Crippen LogP) is 4.67. The number of aromatic amines is 1. The van der Waals surface area contributed by atoms with E-state index in [9.17, 15) is 4.79 Å². The van der Waals surface area contributed by atoms with E-state index in [0.717, 1.165) is 46.8 Å². The third-order valence-electron chi connectivity index (χ3n) is 7.38. The van der Waals surface area contributed by atoms with E-state index in [1.807, 2.05) is 41.3 Å². The number of carbonyl (C=O) groups is 1. The lowest BCUT2D eigenvalue weighted by atomic mass is 9.98. The largest absolute Gasteiger partial charge is 0.468 e. The summed E-state index contributed by atoms with van der Waals surface area (Å²) in [6.45, 7) is 3.51. The van der Waals surface area contributed by atoms with Crippen LogP contribution < -0.4 is 4.90 Å². The van der Waals surface area contributed by atoms with Crippen LogP contribution in [-0.4, -0.2) is 68.7 Å². The Morgan fingerprint density at radius 2 is 1.76 bits per heavy atom. The van der Waals surface area contributed by atoms with E-state index in [1.165, 1.54) is 12.7 Å². The van der Waals surface area contributed by atoms with Gasteiger partial charge in [0.1, 0.15) is 12.7 Å². The van der Waals surface area contributed by atoms with E-state index in [-0.39, 0.29) is 18.7 Å². The van der Waals surface area contributed by atoms with Crippen molar-refractivity contribution in [2.24, 2.45) is 4.99 Å². The molecule has 208 valence electrons. The number of hydrogen-bond donors (Lipinski definition) is 1. The van der Waals surface area contributed by atoms with E-state index in [4.69, 9.17) is 9.73 Å². The van der Waals surface area contributed by atoms with Crippen molar-refractivity contribution in [3.05, 3.63) is 96.3 Å². The van der Waals surface area contributed by atoms with Crippen molar-refractivity contribution < 1.29 is 9.53 Å². The van der Waals surface area contributed by atoms with Crippen LogP contribution in [0.25, 0.3) is 22.5 Å². The number of ether oxygens (including phenoxy) is 1. The summed E-state index contributed by atoms with van der Waals surface area (Å²) in [7, 11) is 1.42. The van der Waals surface area contributed by atoms with Crippen molar-refractivity contribution in [3.63, 3.8) is 0 Å². The molecule has 10 heteroatoms. The van der Waals surface area contributed by atoms with Gasteiger partial charge in [-0.3, -0.25) is 4.79 Å². The Balaban J connectivity index is 1.30. The molecule has 0 amide bonds. The fourth-order valence-electron chi connectivity index (χ4n) is 5.36. The molecule has 0 bridgehead atoms. The van der Waals surface area contributed by atoms with E-state index >= 15 is 0 Å². The minimum absolute atomic E-state index is 0.0178. The van der Waals surface area contributed by atoms with Gasteiger partial charge in [0.25, 0.3) is 0 Å². The normalized spacial score (nSPS) is 16.3. The van der Waals surface area contributed by atoms with Gasteiger partial charge in [0.2, 0.25) is 5.82 Å². The molecule has 0 fully saturated rings. The molecule has 2 aliphatic rings. The van der Waals surface area contributed by atoms with E-state index in [2.05, 4.69) is 86.0 Å². The van der Waals surface area contributed by atoms with Gasteiger partial charge < -0.3 is 19.4 Å². The van der Waals surface area contributed by atoms with E-state index in [1.54, 1.807) is 0 Å². The molecule has 1 unspecified atom stereocenters. The maximum atomic E-state index is 12.4. The van der Waals surface area contributed by atoms with Gasteiger partial charge in [-0.15, -0.1) is 10.2 Å². The molecule has 1 N–H and O–H groups in total. The molecule has 1 atom stereocenters. The quantitative estimate of drug-likeness (QED) is 0.301. The molecule has 41 heavy (non-hydrogen) atoms. The van der Waals surface area contributed by atoms with Gasteiger partial charge in [0, 0.05) is 24.0 Å². The number of aliphatic imine (C=N–C) groups is 1. The molecule has 0 saturated carbocycles. The first-order valence-electron chi connectivity index (χ1n) is 13.8. The molecule has 3 aromatic carbocycles. The highest BCUT2D eigenvalue weighted by atomic mass is 16.5. The summed E-state index contributed by atoms with van der Waals surface area (Å²) in [5.74, 6) is 1.12. The smallest absolute Gasteiger partial charge is 0.325 e. The summed E-state index contributed by atoms with van der Waals surface area (Å²) in [4.78, 5) is 24.0. The molecule has 0 radical (unpaired) electrons. The molecule has 2 aliphatic heterocycles. The number of fused-ring (bicyclic) bond motifs is 1. The summed E-state index contributed by atoms with van der Waals surface area (Å²) in [6, 6.07) is 26.8. The second-order valence-corrected chi connectivity index (χ2v) is 10.1. The Bertz CT molecular complexity index is 1550. The zero-order valence-corrected chi connectivity index (χ0v) is 23.1. The number of para-hydroxylation sites is 1. The first kappa shape index (κ1) is 26.2. The van der Waals surface area contributed by atoms with Crippen LogP contribution in [0.1, 0.15) is 25.3 Å². The highest BCUT2D eigenvalue weighted by molar-refractivity contribution is 6.02. The molecule has 1 aromatic heterocycles. The second-order valence-electron chi connectivity index (χ2n) is 10.1. The summed E-state index contributed by atoms with van der Waals surface area (Å²) in [6.07, 6.45) is 4.05. The second kappa shape index (κ2) is 11.6. The lowest BCUT2D eigenvalue weighted by molar-refractivity contribution is -0.141. The Morgan fingerprint density at radius 3 is 2.46 bits per heavy atom. The SMILES string of the molecule is CCCC1N=C2C(=CN(c3ccccc3)CN2CC(=O)OC)N1Cc1ccc(-c2ccccc2-c2nn[nH]n2)cc1. The van der Waals surface area contributed by atoms with Crippen LogP contribution in [0.15, 0.2) is 95.8 Å². The van der Waals surface area contributed by atoms with Crippen LogP contribution in [0.2, 0.25) is 0 Å². The van der Waals surface area contributed by atoms with Crippen LogP contribution in [0, 0.1) is 0 Å². The van der Waals surface area contributed by atoms with Crippen LogP contribution >= 0.6 is 0 Å². The van der Waals surface area contributed by atoms with Crippen molar-refractivity contribution in [1.82, 2.24) is 30.4 Å². The molecule has 4 aromatic rings. The van der Waals surface area contributed by atoms with Crippen LogP contribution in [0.3, 0.4) is 0 Å². The molecule has 3 heterocycles. The number of H-pyrrole nitrogens is 1. The zero-order chi connectivity index (χ0) is 28.2. The summed E-state index contributed by atoms with van der Waals surface area (Å²) < 4.78 is 5.02. The third-order valence-corrected chi connectivity index (χ3v) is 7.38. The number of carbonyl (C=O) groups excluding carboxylic acids is 1. The number of benzene rings is 3. The Hall–Kier alpha value is -4.99. The average Bonchev–Trinajstić information content (AvgIpc) is 3.67. The molecule has 0 saturated heterocycles. The van der Waals surface area contributed by atoms with Gasteiger partial charge in [-0.2, -0.15) is 5.21 Å². The zero-order valence-electron chi connectivity index (χ0n) is 23.1. The summed E-state index contributed by atoms with van der Waals surface area (Å²) >= 11 is 0. The van der Waals surface area contributed by atoms with Gasteiger partial charge in [-0.1, -0.05) is 80.1 Å². The number of methoxy groups -OCH3 is 1. The average molecular weight is 549 g/mol. The molecule has 6 rings (SSSR count). The number of hydrogen-bond acceptors (Lipinski definition) is 9. The fraction of sp³-hybridized carbons (Fsp3) is 0.258. The number of nitrogens with zero attached hydrogens (tertiary/aromatic N) is 7. The van der Waals surface area contributed by atoms with E-state index < -0.39 is 0 Å². The Morgan fingerprint density at radius 1 is 1.00 bits per heavy atom. The van der Waals surface area contributed by atoms with Gasteiger partial charge in [-0.05, 0) is 40.5 Å². The molecular formula is C31H32N8O2. The highest BCUT2D eigenvalue weighted by Gasteiger charge is 2.37. The number of esters is 1. The Kier molecular flexibility index (Phi) is 7.44. The number of aromatic nitrogens is 4. The summed E-state index contributed by atoms with van der Waals surface area (Å²) in [5, 5.41) is 14.6. The number of rotatable bonds is 9. The van der Waals surface area contributed by atoms with Crippen LogP contribution in [0.5, 0.6) is 0 Å². The van der Waals surface area contributed by atoms with Crippen LogP contribution in [0.4, 0.5) is 5.69 Å². The van der Waals surface area contributed by atoms with Crippen molar-refractivity contribution >= 4 is 17.5 Å². The molecular weight excluding hydrogens is 516 g/mol. The first-order chi connectivity index (χ1) is 20.1. The van der Waals surface area contributed by atoms with Gasteiger partial charge >= 0.3 is 5.97 Å². The highest BCUT2D eigenvalue weighted by Crippen LogP contribution is 2.34. The Labute approximate surface area is 239 Å². The lowest BCUT2D eigenvalue weighted by Crippen LogP contribution is -2.48. The topological polar surface area (TPSA) is 103 Å². The van der Waals surface area contributed by atoms with Gasteiger partial charge in [0.15, 0.2) is 5.84 Å². The van der Waals surface area contributed by atoms with Crippen LogP contribution in [-0.2, 0) is 16.1 Å². The molecule has 0 spiro atoms. The standard InChI is InChI=1S/C31H32N8O2/c1-3-9-28-32-31-27(19-37(24-10-5-4-6-11-24)21-38(31)20-29(40)41-2)39(28)18-22-14-16-23(17-15-22)25-12-7-8-13-26(25)30-33-35-36-34-30/h4-8,10-17,19,28H,3,9,18,20-21H2,1-2H3,(H,33,34,35,36).